The second-order valence-corrected chi connectivity index (χ2v) is 5.84. The number of hydrogen-bond donors (Lipinski definition) is 0. The predicted molar refractivity (Wildman–Crippen MR) is 93.5 cm³/mol. The monoisotopic (exact) mass is 348 g/mol. The van der Waals surface area contributed by atoms with Crippen LogP contribution in [0.4, 0.5) is 8.78 Å². The fourth-order valence-corrected chi connectivity index (χ4v) is 2.96. The van der Waals surface area contributed by atoms with Crippen molar-refractivity contribution in [3.63, 3.8) is 0 Å². The van der Waals surface area contributed by atoms with Gasteiger partial charge in [-0.15, -0.1) is 0 Å². The first kappa shape index (κ1) is 16.1. The van der Waals surface area contributed by atoms with Crippen molar-refractivity contribution in [3.05, 3.63) is 108 Å². The minimum atomic E-state index is -0.642. The molecule has 2 heterocycles. The zero-order chi connectivity index (χ0) is 17.9. The van der Waals surface area contributed by atoms with E-state index < -0.39 is 17.6 Å². The molecule has 0 aliphatic carbocycles. The molecule has 26 heavy (non-hydrogen) atoms. The van der Waals surface area contributed by atoms with Gasteiger partial charge < -0.3 is 4.42 Å². The molecule has 4 aromatic rings. The average molecular weight is 348 g/mol. The van der Waals surface area contributed by atoms with Gasteiger partial charge in [-0.2, -0.15) is 0 Å². The normalized spacial score (nSPS) is 12.1. The highest BCUT2D eigenvalue weighted by Gasteiger charge is 2.24. The van der Waals surface area contributed by atoms with Gasteiger partial charge in [0.25, 0.3) is 0 Å². The molecule has 0 saturated heterocycles. The molecule has 0 amide bonds. The first-order valence-corrected chi connectivity index (χ1v) is 8.07. The Bertz CT molecular complexity index is 1020. The highest BCUT2D eigenvalue weighted by atomic mass is 19.1. The quantitative estimate of drug-likeness (QED) is 0.509. The summed E-state index contributed by atoms with van der Waals surface area (Å²) in [7, 11) is 0. The number of nitrogens with zero attached hydrogens (tertiary/aromatic N) is 2. The molecule has 0 fully saturated rings. The van der Waals surface area contributed by atoms with Crippen LogP contribution in [0.2, 0.25) is 0 Å². The number of benzene rings is 2. The van der Waals surface area contributed by atoms with Gasteiger partial charge in [-0.1, -0.05) is 36.4 Å². The lowest BCUT2D eigenvalue weighted by Gasteiger charge is -2.16. The summed E-state index contributed by atoms with van der Waals surface area (Å²) < 4.78 is 33.8. The van der Waals surface area contributed by atoms with E-state index in [9.17, 15) is 8.78 Å². The van der Waals surface area contributed by atoms with Gasteiger partial charge in [-0.25, -0.2) is 18.7 Å². The van der Waals surface area contributed by atoms with Crippen molar-refractivity contribution in [1.29, 1.82) is 0 Å². The SMILES string of the molecule is Fc1ccc(C(c2cncnc2)c2ccc(-c3ccccc3)o2)c(F)c1. The Labute approximate surface area is 149 Å². The van der Waals surface area contributed by atoms with Gasteiger partial charge >= 0.3 is 0 Å². The molecule has 1 unspecified atom stereocenters. The molecule has 1 atom stereocenters. The van der Waals surface area contributed by atoms with Crippen molar-refractivity contribution in [1.82, 2.24) is 9.97 Å². The van der Waals surface area contributed by atoms with E-state index >= 15 is 0 Å². The van der Waals surface area contributed by atoms with Gasteiger partial charge in [-0.05, 0) is 18.2 Å². The van der Waals surface area contributed by atoms with Gasteiger partial charge in [-0.3, -0.25) is 0 Å². The smallest absolute Gasteiger partial charge is 0.134 e. The molecule has 0 saturated carbocycles. The molecule has 0 spiro atoms. The molecule has 0 aliphatic heterocycles. The lowest BCUT2D eigenvalue weighted by molar-refractivity contribution is 0.502. The Balaban J connectivity index is 1.83. The van der Waals surface area contributed by atoms with Gasteiger partial charge in [0, 0.05) is 35.2 Å². The van der Waals surface area contributed by atoms with Crippen molar-refractivity contribution < 1.29 is 13.2 Å². The maximum Gasteiger partial charge on any atom is 0.134 e. The summed E-state index contributed by atoms with van der Waals surface area (Å²) in [6, 6.07) is 16.8. The van der Waals surface area contributed by atoms with Crippen LogP contribution >= 0.6 is 0 Å². The van der Waals surface area contributed by atoms with Crippen LogP contribution in [0, 0.1) is 11.6 Å². The molecule has 3 nitrogen and oxygen atoms in total. The second-order valence-electron chi connectivity index (χ2n) is 5.84. The van der Waals surface area contributed by atoms with Crippen LogP contribution < -0.4 is 0 Å². The van der Waals surface area contributed by atoms with Crippen molar-refractivity contribution in [2.75, 3.05) is 0 Å². The summed E-state index contributed by atoms with van der Waals surface area (Å²) in [6.45, 7) is 0. The Morgan fingerprint density at radius 3 is 2.35 bits per heavy atom. The lowest BCUT2D eigenvalue weighted by Crippen LogP contribution is -2.06. The molecule has 0 radical (unpaired) electrons. The fourth-order valence-electron chi connectivity index (χ4n) is 2.96. The number of halogens is 2. The zero-order valence-electron chi connectivity index (χ0n) is 13.6. The molecule has 5 heteroatoms. The Morgan fingerprint density at radius 2 is 1.62 bits per heavy atom. The predicted octanol–water partition coefficient (Wildman–Crippen LogP) is 5.20. The first-order valence-electron chi connectivity index (χ1n) is 8.07. The summed E-state index contributed by atoms with van der Waals surface area (Å²) in [6.07, 6.45) is 4.61. The summed E-state index contributed by atoms with van der Waals surface area (Å²) in [5, 5.41) is 0. The number of hydrogen-bond acceptors (Lipinski definition) is 3. The molecule has 2 aromatic heterocycles. The minimum absolute atomic E-state index is 0.301. The Morgan fingerprint density at radius 1 is 0.846 bits per heavy atom. The molecule has 0 aliphatic rings. The van der Waals surface area contributed by atoms with E-state index in [1.807, 2.05) is 36.4 Å². The van der Waals surface area contributed by atoms with Crippen LogP contribution in [-0.2, 0) is 0 Å². The topological polar surface area (TPSA) is 38.9 Å². The summed E-state index contributed by atoms with van der Waals surface area (Å²) in [4.78, 5) is 8.04. The third-order valence-corrected chi connectivity index (χ3v) is 4.16. The van der Waals surface area contributed by atoms with Crippen LogP contribution in [0.1, 0.15) is 22.8 Å². The van der Waals surface area contributed by atoms with E-state index in [1.165, 1.54) is 18.5 Å². The number of aromatic nitrogens is 2. The molecular formula is C21H14F2N2O. The standard InChI is InChI=1S/C21H14F2N2O/c22-16-6-7-17(18(23)10-16)21(15-11-24-13-25-12-15)20-9-8-19(26-20)14-4-2-1-3-5-14/h1-13,21H. The van der Waals surface area contributed by atoms with Crippen molar-refractivity contribution in [2.24, 2.45) is 0 Å². The third kappa shape index (κ3) is 3.11. The fraction of sp³-hybridized carbons (Fsp3) is 0.0476. The molecule has 128 valence electrons. The first-order chi connectivity index (χ1) is 12.7. The van der Waals surface area contributed by atoms with Gasteiger partial charge in [0.2, 0.25) is 0 Å². The number of rotatable bonds is 4. The lowest BCUT2D eigenvalue weighted by atomic mass is 9.90. The maximum atomic E-state index is 14.5. The maximum absolute atomic E-state index is 14.5. The molecule has 2 aromatic carbocycles. The summed E-state index contributed by atoms with van der Waals surface area (Å²) in [5.41, 5.74) is 1.88. The van der Waals surface area contributed by atoms with Crippen LogP contribution in [-0.4, -0.2) is 9.97 Å². The van der Waals surface area contributed by atoms with E-state index in [-0.39, 0.29) is 0 Å². The van der Waals surface area contributed by atoms with Crippen molar-refractivity contribution in [3.8, 4) is 11.3 Å². The highest BCUT2D eigenvalue weighted by molar-refractivity contribution is 5.58. The molecule has 0 bridgehead atoms. The second kappa shape index (κ2) is 6.88. The third-order valence-electron chi connectivity index (χ3n) is 4.16. The largest absolute Gasteiger partial charge is 0.460 e. The zero-order valence-corrected chi connectivity index (χ0v) is 13.6. The van der Waals surface area contributed by atoms with Gasteiger partial charge in [0.05, 0.1) is 5.92 Å². The van der Waals surface area contributed by atoms with Crippen molar-refractivity contribution >= 4 is 0 Å². The molecular weight excluding hydrogens is 334 g/mol. The van der Waals surface area contributed by atoms with E-state index in [1.54, 1.807) is 18.5 Å². The summed E-state index contributed by atoms with van der Waals surface area (Å²) in [5.74, 6) is -0.640. The van der Waals surface area contributed by atoms with Gasteiger partial charge in [0.1, 0.15) is 29.5 Å². The average Bonchev–Trinajstić information content (AvgIpc) is 3.15. The van der Waals surface area contributed by atoms with Crippen molar-refractivity contribution in [2.45, 2.75) is 5.92 Å². The van der Waals surface area contributed by atoms with Crippen LogP contribution in [0.25, 0.3) is 11.3 Å². The van der Waals surface area contributed by atoms with Gasteiger partial charge in [0.15, 0.2) is 0 Å². The van der Waals surface area contributed by atoms with Crippen LogP contribution in [0.5, 0.6) is 0 Å². The minimum Gasteiger partial charge on any atom is -0.460 e. The highest BCUT2D eigenvalue weighted by Crippen LogP contribution is 2.36. The summed E-state index contributed by atoms with van der Waals surface area (Å²) >= 11 is 0. The van der Waals surface area contributed by atoms with E-state index in [4.69, 9.17) is 4.42 Å². The van der Waals surface area contributed by atoms with E-state index in [2.05, 4.69) is 9.97 Å². The van der Waals surface area contributed by atoms with Crippen LogP contribution in [0.15, 0.2) is 83.8 Å². The van der Waals surface area contributed by atoms with E-state index in [0.29, 0.717) is 22.6 Å². The number of furan rings is 1. The Hall–Kier alpha value is -3.34. The molecule has 4 rings (SSSR count). The Kier molecular flexibility index (Phi) is 4.27. The molecule has 0 N–H and O–H groups in total. The van der Waals surface area contributed by atoms with E-state index in [0.717, 1.165) is 11.6 Å². The van der Waals surface area contributed by atoms with Crippen LogP contribution in [0.3, 0.4) is 0 Å².